The first-order valence-electron chi connectivity index (χ1n) is 9.99. The van der Waals surface area contributed by atoms with E-state index in [2.05, 4.69) is 9.88 Å². The summed E-state index contributed by atoms with van der Waals surface area (Å²) in [6.45, 7) is 5.96. The molecule has 1 aliphatic heterocycles. The molecule has 156 valence electrons. The van der Waals surface area contributed by atoms with Crippen molar-refractivity contribution < 1.29 is 9.53 Å². The summed E-state index contributed by atoms with van der Waals surface area (Å²) in [5.74, 6) is 1.43. The lowest BCUT2D eigenvalue weighted by molar-refractivity contribution is -0.129. The molecule has 1 aromatic heterocycles. The van der Waals surface area contributed by atoms with Crippen molar-refractivity contribution >= 4 is 29.3 Å². The van der Waals surface area contributed by atoms with Crippen LogP contribution in [0.5, 0.6) is 0 Å². The summed E-state index contributed by atoms with van der Waals surface area (Å²) in [6.07, 6.45) is 4.52. The monoisotopic (exact) mass is 433 g/mol. The van der Waals surface area contributed by atoms with E-state index >= 15 is 0 Å². The Balaban J connectivity index is 1.50. The van der Waals surface area contributed by atoms with Crippen LogP contribution < -0.4 is 0 Å². The zero-order valence-corrected chi connectivity index (χ0v) is 18.2. The van der Waals surface area contributed by atoms with Crippen molar-refractivity contribution in [1.29, 1.82) is 0 Å². The number of morpholine rings is 1. The Bertz CT molecular complexity index is 757. The van der Waals surface area contributed by atoms with Gasteiger partial charge >= 0.3 is 0 Å². The summed E-state index contributed by atoms with van der Waals surface area (Å²) in [4.78, 5) is 21.4. The number of thioether (sulfide) groups is 1. The van der Waals surface area contributed by atoms with Gasteiger partial charge in [0.05, 0.1) is 19.0 Å². The summed E-state index contributed by atoms with van der Waals surface area (Å²) >= 11 is 7.68. The maximum absolute atomic E-state index is 12.9. The molecule has 1 amide bonds. The Morgan fingerprint density at radius 2 is 1.97 bits per heavy atom. The number of rotatable bonds is 10. The molecule has 2 aromatic rings. The van der Waals surface area contributed by atoms with E-state index in [1.807, 2.05) is 41.3 Å². The lowest BCUT2D eigenvalue weighted by Gasteiger charge is -2.28. The van der Waals surface area contributed by atoms with Crippen molar-refractivity contribution in [3.05, 3.63) is 64.9 Å². The van der Waals surface area contributed by atoms with Crippen molar-refractivity contribution in [3.8, 4) is 0 Å². The second-order valence-electron chi connectivity index (χ2n) is 7.10. The van der Waals surface area contributed by atoms with Gasteiger partial charge in [0, 0.05) is 55.9 Å². The third-order valence-electron chi connectivity index (χ3n) is 4.86. The molecule has 0 bridgehead atoms. The molecule has 0 radical (unpaired) electrons. The minimum Gasteiger partial charge on any atom is -0.379 e. The summed E-state index contributed by atoms with van der Waals surface area (Å²) in [7, 11) is 0. The van der Waals surface area contributed by atoms with Gasteiger partial charge in [-0.25, -0.2) is 0 Å². The van der Waals surface area contributed by atoms with Gasteiger partial charge in [0.15, 0.2) is 0 Å². The quantitative estimate of drug-likeness (QED) is 0.571. The van der Waals surface area contributed by atoms with Gasteiger partial charge in [-0.15, -0.1) is 11.8 Å². The molecule has 0 N–H and O–H groups in total. The molecule has 2 heterocycles. The highest BCUT2D eigenvalue weighted by Gasteiger charge is 2.16. The summed E-state index contributed by atoms with van der Waals surface area (Å²) < 4.78 is 5.41. The third kappa shape index (κ3) is 7.97. The zero-order valence-electron chi connectivity index (χ0n) is 16.6. The van der Waals surface area contributed by atoms with Crippen LogP contribution in [-0.2, 0) is 21.8 Å². The number of aromatic nitrogens is 1. The van der Waals surface area contributed by atoms with Crippen molar-refractivity contribution in [2.75, 3.05) is 45.1 Å². The van der Waals surface area contributed by atoms with E-state index in [4.69, 9.17) is 16.3 Å². The Labute approximate surface area is 182 Å². The molecule has 0 unspecified atom stereocenters. The predicted molar refractivity (Wildman–Crippen MR) is 119 cm³/mol. The van der Waals surface area contributed by atoms with Crippen LogP contribution in [0.4, 0.5) is 0 Å². The van der Waals surface area contributed by atoms with Crippen molar-refractivity contribution in [3.63, 3.8) is 0 Å². The molecule has 1 aromatic carbocycles. The van der Waals surface area contributed by atoms with E-state index in [9.17, 15) is 4.79 Å². The summed E-state index contributed by atoms with van der Waals surface area (Å²) in [6, 6.07) is 11.8. The van der Waals surface area contributed by atoms with Crippen LogP contribution in [0.1, 0.15) is 17.5 Å². The van der Waals surface area contributed by atoms with Crippen molar-refractivity contribution in [2.45, 2.75) is 18.7 Å². The average molecular weight is 434 g/mol. The lowest BCUT2D eigenvalue weighted by Crippen LogP contribution is -2.39. The van der Waals surface area contributed by atoms with Crippen LogP contribution in [-0.4, -0.2) is 65.8 Å². The normalized spacial score (nSPS) is 14.7. The Hall–Kier alpha value is -1.60. The van der Waals surface area contributed by atoms with Crippen molar-refractivity contribution in [2.24, 2.45) is 0 Å². The van der Waals surface area contributed by atoms with E-state index in [0.29, 0.717) is 12.3 Å². The molecule has 0 atom stereocenters. The molecular formula is C22H28ClN3O2S. The molecular weight excluding hydrogens is 406 g/mol. The van der Waals surface area contributed by atoms with E-state index in [1.54, 1.807) is 24.2 Å². The number of carbonyl (C=O) groups is 1. The molecule has 1 fully saturated rings. The number of amides is 1. The van der Waals surface area contributed by atoms with Crippen molar-refractivity contribution in [1.82, 2.24) is 14.8 Å². The zero-order chi connectivity index (χ0) is 20.3. The number of benzene rings is 1. The van der Waals surface area contributed by atoms with Crippen LogP contribution in [0.3, 0.4) is 0 Å². The van der Waals surface area contributed by atoms with Gasteiger partial charge in [-0.1, -0.05) is 23.7 Å². The number of hydrogen-bond acceptors (Lipinski definition) is 5. The van der Waals surface area contributed by atoms with Gasteiger partial charge in [0.1, 0.15) is 0 Å². The van der Waals surface area contributed by atoms with E-state index in [1.165, 1.54) is 0 Å². The summed E-state index contributed by atoms with van der Waals surface area (Å²) in [5, 5.41) is 0.733. The highest BCUT2D eigenvalue weighted by Crippen LogP contribution is 2.17. The Kier molecular flexibility index (Phi) is 9.28. The van der Waals surface area contributed by atoms with Gasteiger partial charge in [-0.2, -0.15) is 0 Å². The molecule has 1 saturated heterocycles. The molecule has 0 spiro atoms. The second kappa shape index (κ2) is 12.2. The smallest absolute Gasteiger partial charge is 0.232 e. The topological polar surface area (TPSA) is 45.7 Å². The lowest BCUT2D eigenvalue weighted by atomic mass is 10.2. The average Bonchev–Trinajstić information content (AvgIpc) is 2.74. The van der Waals surface area contributed by atoms with Gasteiger partial charge in [0.25, 0.3) is 0 Å². The fourth-order valence-electron chi connectivity index (χ4n) is 3.28. The van der Waals surface area contributed by atoms with E-state index < -0.39 is 0 Å². The Morgan fingerprint density at radius 1 is 1.17 bits per heavy atom. The van der Waals surface area contributed by atoms with Gasteiger partial charge in [-0.05, 0) is 41.8 Å². The maximum Gasteiger partial charge on any atom is 0.232 e. The SMILES string of the molecule is O=C(CSCc1cccc(Cl)c1)N(CCCN1CCOCC1)Cc1ccncc1. The van der Waals surface area contributed by atoms with E-state index in [-0.39, 0.29) is 5.91 Å². The minimum absolute atomic E-state index is 0.177. The number of carbonyl (C=O) groups excluding carboxylic acids is 1. The molecule has 0 saturated carbocycles. The van der Waals surface area contributed by atoms with Gasteiger partial charge in [0.2, 0.25) is 5.91 Å². The fourth-order valence-corrected chi connectivity index (χ4v) is 4.37. The van der Waals surface area contributed by atoms with Crippen LogP contribution in [0.25, 0.3) is 0 Å². The van der Waals surface area contributed by atoms with Crippen LogP contribution in [0.15, 0.2) is 48.8 Å². The molecule has 3 rings (SSSR count). The molecule has 5 nitrogen and oxygen atoms in total. The maximum atomic E-state index is 12.9. The minimum atomic E-state index is 0.177. The highest BCUT2D eigenvalue weighted by atomic mass is 35.5. The third-order valence-corrected chi connectivity index (χ3v) is 6.09. The number of pyridine rings is 1. The molecule has 1 aliphatic rings. The largest absolute Gasteiger partial charge is 0.379 e. The highest BCUT2D eigenvalue weighted by molar-refractivity contribution is 7.99. The number of ether oxygens (including phenoxy) is 1. The number of nitrogens with zero attached hydrogens (tertiary/aromatic N) is 3. The molecule has 7 heteroatoms. The second-order valence-corrected chi connectivity index (χ2v) is 8.52. The molecule has 0 aliphatic carbocycles. The number of hydrogen-bond donors (Lipinski definition) is 0. The first-order chi connectivity index (χ1) is 14.2. The number of halogens is 1. The van der Waals surface area contributed by atoms with Crippen LogP contribution in [0.2, 0.25) is 5.02 Å². The van der Waals surface area contributed by atoms with Gasteiger partial charge < -0.3 is 9.64 Å². The Morgan fingerprint density at radius 3 is 2.72 bits per heavy atom. The van der Waals surface area contributed by atoms with Gasteiger partial charge in [-0.3, -0.25) is 14.7 Å². The van der Waals surface area contributed by atoms with Crippen LogP contribution in [0, 0.1) is 0 Å². The van der Waals surface area contributed by atoms with E-state index in [0.717, 1.165) is 67.7 Å². The fraction of sp³-hybridized carbons (Fsp3) is 0.455. The standard InChI is InChI=1S/C22H28ClN3O2S/c23-21-4-1-3-20(15-21)17-29-18-22(27)26(16-19-5-7-24-8-6-19)10-2-9-25-11-13-28-14-12-25/h1,3-8,15H,2,9-14,16-18H2. The van der Waals surface area contributed by atoms with Crippen LogP contribution >= 0.6 is 23.4 Å². The predicted octanol–water partition coefficient (Wildman–Crippen LogP) is 3.72. The first-order valence-corrected chi connectivity index (χ1v) is 11.5. The first kappa shape index (κ1) is 22.1. The summed E-state index contributed by atoms with van der Waals surface area (Å²) in [5.41, 5.74) is 2.25. The molecule has 29 heavy (non-hydrogen) atoms.